The third-order valence-corrected chi connectivity index (χ3v) is 5.34. The Hall–Kier alpha value is -4.78. The van der Waals surface area contributed by atoms with Crippen LogP contribution >= 0.6 is 0 Å². The van der Waals surface area contributed by atoms with Crippen molar-refractivity contribution in [1.29, 1.82) is 0 Å². The number of pyridine rings is 1. The second-order valence-electron chi connectivity index (χ2n) is 7.79. The SMILES string of the molecule is C=N/C(=C\C(C)=N/C)Nc1cccc(C(=O)Nc2ccc(Nc3ccnc4ccccc34)cc2)c1. The standard InChI is InChI=1S/C28H26N6O/c1-19(29-2)17-27(30-3)33-23-8-6-7-20(18-23)28(35)34-22-13-11-21(12-14-22)32-26-15-16-31-25-10-5-4-9-24(25)26/h4-18,33H,3H2,1-2H3,(H,31,32)(H,34,35)/b27-17+,29-19-. The summed E-state index contributed by atoms with van der Waals surface area (Å²) in [5.41, 5.74) is 5.56. The molecule has 35 heavy (non-hydrogen) atoms. The van der Waals surface area contributed by atoms with E-state index in [9.17, 15) is 4.79 Å². The molecule has 7 heteroatoms. The third kappa shape index (κ3) is 5.97. The summed E-state index contributed by atoms with van der Waals surface area (Å²) in [5, 5.41) is 10.6. The van der Waals surface area contributed by atoms with Crippen molar-refractivity contribution in [2.75, 3.05) is 23.0 Å². The highest BCUT2D eigenvalue weighted by Gasteiger charge is 2.08. The van der Waals surface area contributed by atoms with Gasteiger partial charge in [-0.1, -0.05) is 24.3 Å². The Morgan fingerprint density at radius 2 is 1.69 bits per heavy atom. The van der Waals surface area contributed by atoms with Gasteiger partial charge in [0.25, 0.3) is 5.91 Å². The van der Waals surface area contributed by atoms with Crippen LogP contribution in [-0.2, 0) is 0 Å². The lowest BCUT2D eigenvalue weighted by Gasteiger charge is -2.11. The topological polar surface area (TPSA) is 90.8 Å². The molecule has 1 amide bonds. The molecule has 1 aromatic heterocycles. The summed E-state index contributed by atoms with van der Waals surface area (Å²) in [6, 6.07) is 24.7. The summed E-state index contributed by atoms with van der Waals surface area (Å²) in [6.45, 7) is 5.45. The fraction of sp³-hybridized carbons (Fsp3) is 0.0714. The first kappa shape index (κ1) is 23.4. The summed E-state index contributed by atoms with van der Waals surface area (Å²) >= 11 is 0. The summed E-state index contributed by atoms with van der Waals surface area (Å²) in [5.74, 6) is 0.341. The molecule has 0 aliphatic rings. The van der Waals surface area contributed by atoms with Gasteiger partial charge in [0, 0.05) is 58.7 Å². The van der Waals surface area contributed by atoms with Crippen LogP contribution in [0.2, 0.25) is 0 Å². The molecule has 7 nitrogen and oxygen atoms in total. The number of hydrogen-bond acceptors (Lipinski definition) is 6. The molecule has 4 rings (SSSR count). The van der Waals surface area contributed by atoms with Gasteiger partial charge < -0.3 is 16.0 Å². The van der Waals surface area contributed by atoms with E-state index in [0.717, 1.165) is 33.7 Å². The zero-order valence-electron chi connectivity index (χ0n) is 19.6. The molecule has 0 aliphatic heterocycles. The number of carbonyl (C=O) groups is 1. The summed E-state index contributed by atoms with van der Waals surface area (Å²) in [4.78, 5) is 25.3. The number of carbonyl (C=O) groups excluding carboxylic acids is 1. The van der Waals surface area contributed by atoms with Gasteiger partial charge in [-0.2, -0.15) is 0 Å². The van der Waals surface area contributed by atoms with Crippen LogP contribution in [0.4, 0.5) is 22.7 Å². The van der Waals surface area contributed by atoms with Gasteiger partial charge in [-0.05, 0) is 68.2 Å². The highest BCUT2D eigenvalue weighted by molar-refractivity contribution is 6.05. The Morgan fingerprint density at radius 3 is 2.46 bits per heavy atom. The molecule has 0 saturated carbocycles. The fourth-order valence-corrected chi connectivity index (χ4v) is 3.47. The van der Waals surface area contributed by atoms with Crippen molar-refractivity contribution in [1.82, 2.24) is 4.98 Å². The average molecular weight is 463 g/mol. The molecule has 0 aliphatic carbocycles. The zero-order chi connectivity index (χ0) is 24.6. The zero-order valence-corrected chi connectivity index (χ0v) is 19.6. The minimum absolute atomic E-state index is 0.210. The van der Waals surface area contributed by atoms with Gasteiger partial charge in [0.05, 0.1) is 5.52 Å². The van der Waals surface area contributed by atoms with E-state index < -0.39 is 0 Å². The lowest BCUT2D eigenvalue weighted by molar-refractivity contribution is 0.102. The molecule has 1 heterocycles. The Bertz CT molecular complexity index is 1420. The first-order valence-corrected chi connectivity index (χ1v) is 11.1. The van der Waals surface area contributed by atoms with Gasteiger partial charge in [-0.25, -0.2) is 4.99 Å². The molecule has 0 atom stereocenters. The van der Waals surface area contributed by atoms with E-state index in [2.05, 4.69) is 37.6 Å². The van der Waals surface area contributed by atoms with Crippen LogP contribution in [0.1, 0.15) is 17.3 Å². The number of para-hydroxylation sites is 1. The van der Waals surface area contributed by atoms with Gasteiger partial charge >= 0.3 is 0 Å². The van der Waals surface area contributed by atoms with Crippen molar-refractivity contribution in [3.05, 3.63) is 103 Å². The lowest BCUT2D eigenvalue weighted by Crippen LogP contribution is -2.12. The molecule has 174 valence electrons. The molecule has 0 bridgehead atoms. The fourth-order valence-electron chi connectivity index (χ4n) is 3.47. The van der Waals surface area contributed by atoms with Crippen molar-refractivity contribution in [3.8, 4) is 0 Å². The van der Waals surface area contributed by atoms with Crippen molar-refractivity contribution < 1.29 is 4.79 Å². The van der Waals surface area contributed by atoms with Crippen LogP contribution < -0.4 is 16.0 Å². The van der Waals surface area contributed by atoms with E-state index >= 15 is 0 Å². The summed E-state index contributed by atoms with van der Waals surface area (Å²) < 4.78 is 0. The lowest BCUT2D eigenvalue weighted by atomic mass is 10.1. The minimum atomic E-state index is -0.210. The number of nitrogens with one attached hydrogen (secondary N) is 3. The number of aromatic nitrogens is 1. The second-order valence-corrected chi connectivity index (χ2v) is 7.79. The van der Waals surface area contributed by atoms with Gasteiger partial charge in [0.15, 0.2) is 0 Å². The number of anilines is 4. The molecule has 0 unspecified atom stereocenters. The highest BCUT2D eigenvalue weighted by atomic mass is 16.1. The third-order valence-electron chi connectivity index (χ3n) is 5.34. The quantitative estimate of drug-likeness (QED) is 0.269. The smallest absolute Gasteiger partial charge is 0.255 e. The van der Waals surface area contributed by atoms with Crippen LogP contribution in [0, 0.1) is 0 Å². The van der Waals surface area contributed by atoms with E-state index in [-0.39, 0.29) is 5.91 Å². The number of nitrogens with zero attached hydrogens (tertiary/aromatic N) is 3. The van der Waals surface area contributed by atoms with E-state index in [1.54, 1.807) is 31.5 Å². The Morgan fingerprint density at radius 1 is 0.914 bits per heavy atom. The molecule has 4 aromatic rings. The molecular weight excluding hydrogens is 436 g/mol. The van der Waals surface area contributed by atoms with Gasteiger partial charge in [0.1, 0.15) is 5.82 Å². The Balaban J connectivity index is 1.43. The van der Waals surface area contributed by atoms with Gasteiger partial charge in [-0.3, -0.25) is 14.8 Å². The van der Waals surface area contributed by atoms with Gasteiger partial charge in [0.2, 0.25) is 0 Å². The van der Waals surface area contributed by atoms with E-state index in [0.29, 0.717) is 17.1 Å². The number of rotatable bonds is 8. The molecular formula is C28H26N6O. The van der Waals surface area contributed by atoms with Crippen LogP contribution in [0.15, 0.2) is 107 Å². The minimum Gasteiger partial charge on any atom is -0.355 e. The molecule has 0 radical (unpaired) electrons. The molecule has 0 saturated heterocycles. The number of fused-ring (bicyclic) bond motifs is 1. The average Bonchev–Trinajstić information content (AvgIpc) is 2.89. The molecule has 0 fully saturated rings. The van der Waals surface area contributed by atoms with Crippen molar-refractivity contribution in [2.24, 2.45) is 9.98 Å². The Labute approximate surface area is 204 Å². The van der Waals surface area contributed by atoms with Crippen LogP contribution in [-0.4, -0.2) is 30.4 Å². The summed E-state index contributed by atoms with van der Waals surface area (Å²) in [7, 11) is 1.71. The molecule has 3 N–H and O–H groups in total. The van der Waals surface area contributed by atoms with Crippen LogP contribution in [0.25, 0.3) is 10.9 Å². The predicted molar refractivity (Wildman–Crippen MR) is 146 cm³/mol. The Kier molecular flexibility index (Phi) is 7.28. The predicted octanol–water partition coefficient (Wildman–Crippen LogP) is 6.28. The van der Waals surface area contributed by atoms with Crippen molar-refractivity contribution in [3.63, 3.8) is 0 Å². The molecule has 0 spiro atoms. The monoisotopic (exact) mass is 462 g/mol. The maximum atomic E-state index is 12.8. The molecule has 3 aromatic carbocycles. The van der Waals surface area contributed by atoms with Crippen molar-refractivity contribution >= 4 is 52.0 Å². The maximum Gasteiger partial charge on any atom is 0.255 e. The van der Waals surface area contributed by atoms with E-state index in [1.165, 1.54) is 0 Å². The normalized spacial score (nSPS) is 11.7. The number of allylic oxidation sites excluding steroid dienone is 1. The first-order valence-electron chi connectivity index (χ1n) is 11.1. The number of benzene rings is 3. The first-order chi connectivity index (χ1) is 17.1. The van der Waals surface area contributed by atoms with Crippen LogP contribution in [0.5, 0.6) is 0 Å². The number of amides is 1. The summed E-state index contributed by atoms with van der Waals surface area (Å²) in [6.07, 6.45) is 3.56. The number of hydrogen-bond donors (Lipinski definition) is 3. The maximum absolute atomic E-state index is 12.8. The van der Waals surface area contributed by atoms with Crippen molar-refractivity contribution in [2.45, 2.75) is 6.92 Å². The van der Waals surface area contributed by atoms with Crippen LogP contribution in [0.3, 0.4) is 0 Å². The largest absolute Gasteiger partial charge is 0.355 e. The van der Waals surface area contributed by atoms with Gasteiger partial charge in [-0.15, -0.1) is 0 Å². The number of aliphatic imine (C=N–C) groups is 2. The van der Waals surface area contributed by atoms with E-state index in [4.69, 9.17) is 0 Å². The highest BCUT2D eigenvalue weighted by Crippen LogP contribution is 2.26. The second kappa shape index (κ2) is 10.9. The van der Waals surface area contributed by atoms with E-state index in [1.807, 2.05) is 73.7 Å².